The van der Waals surface area contributed by atoms with Gasteiger partial charge in [0, 0.05) is 33.4 Å². The lowest BCUT2D eigenvalue weighted by molar-refractivity contribution is -0.116. The number of hydrogen-bond donors (Lipinski definition) is 2. The van der Waals surface area contributed by atoms with Crippen LogP contribution in [-0.4, -0.2) is 16.0 Å². The van der Waals surface area contributed by atoms with Crippen LogP contribution in [0, 0.1) is 12.7 Å². The van der Waals surface area contributed by atoms with Gasteiger partial charge in [0.25, 0.3) is 5.91 Å². The van der Waals surface area contributed by atoms with Gasteiger partial charge >= 0.3 is 0 Å². The Morgan fingerprint density at radius 1 is 1.06 bits per heavy atom. The number of thioether (sulfide) groups is 1. The van der Waals surface area contributed by atoms with Gasteiger partial charge < -0.3 is 15.2 Å². The van der Waals surface area contributed by atoms with Gasteiger partial charge in [0.05, 0.1) is 11.4 Å². The molecule has 0 aliphatic carbocycles. The molecule has 1 aromatic heterocycles. The Labute approximate surface area is 202 Å². The zero-order valence-electron chi connectivity index (χ0n) is 19.1. The molecule has 1 fully saturated rings. The van der Waals surface area contributed by atoms with E-state index < -0.39 is 0 Å². The second-order valence-electron chi connectivity index (χ2n) is 8.37. The molecule has 0 bridgehead atoms. The molecule has 2 heterocycles. The van der Waals surface area contributed by atoms with Crippen LogP contribution in [-0.2, 0) is 17.8 Å². The summed E-state index contributed by atoms with van der Waals surface area (Å²) in [6.45, 7) is 4.58. The molecule has 6 heteroatoms. The normalized spacial score (nSPS) is 16.9. The van der Waals surface area contributed by atoms with Crippen molar-refractivity contribution in [1.82, 2.24) is 9.88 Å². The number of carbonyl (C=O) groups excluding carboxylic acids is 1. The van der Waals surface area contributed by atoms with Crippen LogP contribution >= 0.6 is 11.8 Å². The predicted molar refractivity (Wildman–Crippen MR) is 139 cm³/mol. The van der Waals surface area contributed by atoms with E-state index in [1.807, 2.05) is 55.5 Å². The van der Waals surface area contributed by atoms with Crippen LogP contribution in [0.5, 0.6) is 0 Å². The molecule has 1 aliphatic heterocycles. The smallest absolute Gasteiger partial charge is 0.260 e. The highest BCUT2D eigenvalue weighted by atomic mass is 32.2. The van der Waals surface area contributed by atoms with E-state index in [9.17, 15) is 9.18 Å². The fourth-order valence-electron chi connectivity index (χ4n) is 4.33. The molecule has 1 aliphatic rings. The number of aromatic nitrogens is 1. The number of carbonyl (C=O) groups is 1. The van der Waals surface area contributed by atoms with E-state index in [0.29, 0.717) is 17.0 Å². The van der Waals surface area contributed by atoms with Crippen molar-refractivity contribution in [3.05, 3.63) is 106 Å². The SMILES string of the molecule is CCc1ccc(N[C@@H]2NC(=O)/C(=C/c3c(C)n(Cc4ccccc4F)c4ccccc34)S2)cc1. The monoisotopic (exact) mass is 471 g/mol. The molecule has 0 spiro atoms. The molecule has 1 amide bonds. The average molecular weight is 472 g/mol. The first-order chi connectivity index (χ1) is 16.5. The highest BCUT2D eigenvalue weighted by Gasteiger charge is 2.28. The number of hydrogen-bond acceptors (Lipinski definition) is 3. The fourth-order valence-corrected chi connectivity index (χ4v) is 5.29. The third-order valence-electron chi connectivity index (χ3n) is 6.23. The Balaban J connectivity index is 1.45. The first kappa shape index (κ1) is 22.3. The van der Waals surface area contributed by atoms with E-state index >= 15 is 0 Å². The van der Waals surface area contributed by atoms with Gasteiger partial charge in [-0.05, 0) is 49.2 Å². The van der Waals surface area contributed by atoms with Crippen molar-refractivity contribution in [3.8, 4) is 0 Å². The molecule has 2 N–H and O–H groups in total. The quantitative estimate of drug-likeness (QED) is 0.325. The minimum Gasteiger partial charge on any atom is -0.357 e. The number of halogens is 1. The summed E-state index contributed by atoms with van der Waals surface area (Å²) in [5.41, 5.74) is 5.64. The van der Waals surface area contributed by atoms with Crippen LogP contribution in [0.2, 0.25) is 0 Å². The summed E-state index contributed by atoms with van der Waals surface area (Å²) in [6, 6.07) is 23.2. The van der Waals surface area contributed by atoms with Gasteiger partial charge in [-0.25, -0.2) is 4.39 Å². The Morgan fingerprint density at radius 2 is 1.79 bits per heavy atom. The van der Waals surface area contributed by atoms with Crippen molar-refractivity contribution in [3.63, 3.8) is 0 Å². The van der Waals surface area contributed by atoms with Gasteiger partial charge in [0.2, 0.25) is 0 Å². The molecule has 4 aromatic rings. The fraction of sp³-hybridized carbons (Fsp3) is 0.179. The Bertz CT molecular complexity index is 1390. The molecule has 172 valence electrons. The number of anilines is 1. The van der Waals surface area contributed by atoms with E-state index in [1.165, 1.54) is 23.4 Å². The molecule has 34 heavy (non-hydrogen) atoms. The van der Waals surface area contributed by atoms with E-state index in [0.717, 1.165) is 34.3 Å². The Kier molecular flexibility index (Phi) is 6.16. The molecular formula is C28H26FN3OS. The lowest BCUT2D eigenvalue weighted by Crippen LogP contribution is -2.30. The first-order valence-electron chi connectivity index (χ1n) is 11.4. The van der Waals surface area contributed by atoms with Crippen LogP contribution in [0.15, 0.2) is 77.7 Å². The van der Waals surface area contributed by atoms with E-state index in [4.69, 9.17) is 0 Å². The number of amides is 1. The summed E-state index contributed by atoms with van der Waals surface area (Å²) < 4.78 is 16.5. The number of benzene rings is 3. The van der Waals surface area contributed by atoms with E-state index in [-0.39, 0.29) is 17.2 Å². The number of fused-ring (bicyclic) bond motifs is 1. The zero-order valence-corrected chi connectivity index (χ0v) is 20.0. The number of nitrogens with one attached hydrogen (secondary N) is 2. The third kappa shape index (κ3) is 4.33. The summed E-state index contributed by atoms with van der Waals surface area (Å²) in [7, 11) is 0. The number of para-hydroxylation sites is 1. The lowest BCUT2D eigenvalue weighted by Gasteiger charge is -2.12. The van der Waals surface area contributed by atoms with Gasteiger partial charge in [-0.3, -0.25) is 4.79 Å². The summed E-state index contributed by atoms with van der Waals surface area (Å²) in [6.07, 6.45) is 2.95. The Morgan fingerprint density at radius 3 is 2.56 bits per heavy atom. The zero-order chi connectivity index (χ0) is 23.7. The van der Waals surface area contributed by atoms with Gasteiger partial charge in [-0.15, -0.1) is 0 Å². The van der Waals surface area contributed by atoms with Crippen LogP contribution in [0.1, 0.15) is 29.3 Å². The largest absolute Gasteiger partial charge is 0.357 e. The maximum Gasteiger partial charge on any atom is 0.260 e. The van der Waals surface area contributed by atoms with Crippen LogP contribution in [0.4, 0.5) is 10.1 Å². The number of aryl methyl sites for hydroxylation is 1. The molecule has 3 aromatic carbocycles. The minimum atomic E-state index is -0.238. The van der Waals surface area contributed by atoms with Crippen LogP contribution in [0.3, 0.4) is 0 Å². The number of nitrogens with zero attached hydrogens (tertiary/aromatic N) is 1. The number of rotatable bonds is 6. The third-order valence-corrected chi connectivity index (χ3v) is 7.26. The maximum absolute atomic E-state index is 14.4. The van der Waals surface area contributed by atoms with Crippen molar-refractivity contribution in [2.75, 3.05) is 5.32 Å². The first-order valence-corrected chi connectivity index (χ1v) is 12.3. The summed E-state index contributed by atoms with van der Waals surface area (Å²) in [5, 5.41) is 7.43. The van der Waals surface area contributed by atoms with Crippen molar-refractivity contribution < 1.29 is 9.18 Å². The van der Waals surface area contributed by atoms with Gasteiger partial charge in [-0.2, -0.15) is 0 Å². The maximum atomic E-state index is 14.4. The molecule has 1 atom stereocenters. The topological polar surface area (TPSA) is 46.1 Å². The van der Waals surface area contributed by atoms with Crippen LogP contribution < -0.4 is 10.6 Å². The summed E-state index contributed by atoms with van der Waals surface area (Å²) in [4.78, 5) is 13.4. The lowest BCUT2D eigenvalue weighted by atomic mass is 10.1. The summed E-state index contributed by atoms with van der Waals surface area (Å²) in [5.74, 6) is -0.316. The summed E-state index contributed by atoms with van der Waals surface area (Å²) >= 11 is 1.47. The molecule has 0 unspecified atom stereocenters. The second kappa shape index (κ2) is 9.39. The van der Waals surface area contributed by atoms with Crippen molar-refractivity contribution in [2.24, 2.45) is 0 Å². The van der Waals surface area contributed by atoms with Crippen LogP contribution in [0.25, 0.3) is 17.0 Å². The van der Waals surface area contributed by atoms with E-state index in [1.54, 1.807) is 6.07 Å². The average Bonchev–Trinajstić information content (AvgIpc) is 3.32. The van der Waals surface area contributed by atoms with Crippen molar-refractivity contribution in [1.29, 1.82) is 0 Å². The molecule has 0 saturated carbocycles. The van der Waals surface area contributed by atoms with Gasteiger partial charge in [0.15, 0.2) is 5.50 Å². The van der Waals surface area contributed by atoms with Gasteiger partial charge in [-0.1, -0.05) is 67.2 Å². The molecule has 0 radical (unpaired) electrons. The van der Waals surface area contributed by atoms with E-state index in [2.05, 4.69) is 40.3 Å². The molecule has 1 saturated heterocycles. The van der Waals surface area contributed by atoms with Crippen molar-refractivity contribution >= 4 is 40.3 Å². The molecular weight excluding hydrogens is 445 g/mol. The predicted octanol–water partition coefficient (Wildman–Crippen LogP) is 6.30. The standard InChI is InChI=1S/C28H26FN3OS/c1-3-19-12-14-21(15-13-19)30-28-31-27(33)26(34-28)16-23-18(2)32(25-11-7-5-9-22(23)25)17-20-8-4-6-10-24(20)29/h4-16,28,30H,3,17H2,1-2H3,(H,31,33)/b26-16-/t28-/m1/s1. The highest BCUT2D eigenvalue weighted by molar-refractivity contribution is 8.05. The minimum absolute atomic E-state index is 0.0991. The molecule has 4 nitrogen and oxygen atoms in total. The Hall–Kier alpha value is -3.51. The second-order valence-corrected chi connectivity index (χ2v) is 9.52. The highest BCUT2D eigenvalue weighted by Crippen LogP contribution is 2.34. The molecule has 5 rings (SSSR count). The van der Waals surface area contributed by atoms with Gasteiger partial charge in [0.1, 0.15) is 5.82 Å². The van der Waals surface area contributed by atoms with Crippen molar-refractivity contribution in [2.45, 2.75) is 32.3 Å².